The molecule has 0 amide bonds. The van der Waals surface area contributed by atoms with Crippen LogP contribution in [0.15, 0.2) is 18.2 Å². The van der Waals surface area contributed by atoms with Crippen molar-refractivity contribution in [2.75, 3.05) is 13.7 Å². The monoisotopic (exact) mass is 251 g/mol. The average molecular weight is 251 g/mol. The van der Waals surface area contributed by atoms with Gasteiger partial charge in [0.2, 0.25) is 0 Å². The zero-order valence-corrected chi connectivity index (χ0v) is 9.22. The second-order valence-electron chi connectivity index (χ2n) is 3.63. The number of hydrogen-bond donors (Lipinski definition) is 1. The number of hydrogen-bond acceptors (Lipinski definition) is 2. The zero-order chi connectivity index (χ0) is 13.1. The maximum Gasteiger partial charge on any atom is 0.419 e. The third-order valence-electron chi connectivity index (χ3n) is 2.36. The van der Waals surface area contributed by atoms with E-state index in [0.717, 1.165) is 6.07 Å². The summed E-state index contributed by atoms with van der Waals surface area (Å²) in [4.78, 5) is 0. The SMILES string of the molecule is COCCC(N)c1ccc(C(F)(F)F)c(F)c1. The van der Waals surface area contributed by atoms with Crippen LogP contribution in [-0.4, -0.2) is 13.7 Å². The summed E-state index contributed by atoms with van der Waals surface area (Å²) in [6.07, 6.45) is -4.26. The Morgan fingerprint density at radius 3 is 2.47 bits per heavy atom. The van der Waals surface area contributed by atoms with E-state index in [2.05, 4.69) is 0 Å². The number of nitrogens with two attached hydrogens (primary N) is 1. The van der Waals surface area contributed by atoms with Crippen LogP contribution in [0.4, 0.5) is 17.6 Å². The molecule has 0 saturated heterocycles. The van der Waals surface area contributed by atoms with E-state index in [1.54, 1.807) is 0 Å². The van der Waals surface area contributed by atoms with Crippen LogP contribution in [0, 0.1) is 5.82 Å². The molecular weight excluding hydrogens is 238 g/mol. The lowest BCUT2D eigenvalue weighted by molar-refractivity contribution is -0.140. The van der Waals surface area contributed by atoms with Gasteiger partial charge in [-0.25, -0.2) is 4.39 Å². The Morgan fingerprint density at radius 1 is 1.35 bits per heavy atom. The van der Waals surface area contributed by atoms with Crippen molar-refractivity contribution >= 4 is 0 Å². The molecule has 96 valence electrons. The van der Waals surface area contributed by atoms with Gasteiger partial charge < -0.3 is 10.5 Å². The van der Waals surface area contributed by atoms with Gasteiger partial charge in [-0.2, -0.15) is 13.2 Å². The zero-order valence-electron chi connectivity index (χ0n) is 9.22. The van der Waals surface area contributed by atoms with Gasteiger partial charge in [-0.05, 0) is 24.1 Å². The molecule has 0 aromatic heterocycles. The lowest BCUT2D eigenvalue weighted by Gasteiger charge is -2.14. The number of halogens is 4. The van der Waals surface area contributed by atoms with Gasteiger partial charge >= 0.3 is 6.18 Å². The molecule has 1 rings (SSSR count). The van der Waals surface area contributed by atoms with Crippen molar-refractivity contribution in [2.45, 2.75) is 18.6 Å². The summed E-state index contributed by atoms with van der Waals surface area (Å²) in [5.41, 5.74) is 4.73. The Morgan fingerprint density at radius 2 is 2.00 bits per heavy atom. The molecule has 2 nitrogen and oxygen atoms in total. The highest BCUT2D eigenvalue weighted by molar-refractivity contribution is 5.28. The average Bonchev–Trinajstić information content (AvgIpc) is 2.23. The first-order valence-corrected chi connectivity index (χ1v) is 4.97. The van der Waals surface area contributed by atoms with Crippen LogP contribution >= 0.6 is 0 Å². The first-order valence-electron chi connectivity index (χ1n) is 4.97. The highest BCUT2D eigenvalue weighted by Gasteiger charge is 2.34. The van der Waals surface area contributed by atoms with E-state index in [1.165, 1.54) is 13.2 Å². The summed E-state index contributed by atoms with van der Waals surface area (Å²) in [5, 5.41) is 0. The molecule has 1 aromatic rings. The first-order chi connectivity index (χ1) is 7.86. The van der Waals surface area contributed by atoms with Crippen LogP contribution in [0.3, 0.4) is 0 Å². The van der Waals surface area contributed by atoms with E-state index in [9.17, 15) is 17.6 Å². The van der Waals surface area contributed by atoms with Crippen LogP contribution in [-0.2, 0) is 10.9 Å². The topological polar surface area (TPSA) is 35.2 Å². The fourth-order valence-electron chi connectivity index (χ4n) is 1.40. The van der Waals surface area contributed by atoms with Crippen LogP contribution in [0.1, 0.15) is 23.6 Å². The van der Waals surface area contributed by atoms with Crippen LogP contribution in [0.2, 0.25) is 0 Å². The maximum absolute atomic E-state index is 13.2. The summed E-state index contributed by atoms with van der Waals surface area (Å²) in [5.74, 6) is -1.30. The van der Waals surface area contributed by atoms with Crippen molar-refractivity contribution < 1.29 is 22.3 Å². The van der Waals surface area contributed by atoms with Gasteiger partial charge in [-0.15, -0.1) is 0 Å². The van der Waals surface area contributed by atoms with E-state index < -0.39 is 23.6 Å². The van der Waals surface area contributed by atoms with Gasteiger partial charge in [0.05, 0.1) is 5.56 Å². The Labute approximate surface area is 96.4 Å². The summed E-state index contributed by atoms with van der Waals surface area (Å²) in [6, 6.07) is 2.18. The predicted molar refractivity (Wildman–Crippen MR) is 54.8 cm³/mol. The standard InChI is InChI=1S/C11H13F4NO/c1-17-5-4-10(16)7-2-3-8(9(12)6-7)11(13,14)15/h2-3,6,10H,4-5,16H2,1H3. The fourth-order valence-corrected chi connectivity index (χ4v) is 1.40. The molecule has 0 radical (unpaired) electrons. The molecule has 0 aliphatic rings. The Hall–Kier alpha value is -1.14. The number of benzene rings is 1. The summed E-state index contributed by atoms with van der Waals surface area (Å²) in [7, 11) is 1.49. The van der Waals surface area contributed by atoms with Gasteiger partial charge in [0.1, 0.15) is 5.82 Å². The molecule has 0 spiro atoms. The second kappa shape index (κ2) is 5.46. The van der Waals surface area contributed by atoms with Gasteiger partial charge in [0.25, 0.3) is 0 Å². The highest BCUT2D eigenvalue weighted by atomic mass is 19.4. The van der Waals surface area contributed by atoms with E-state index in [4.69, 9.17) is 10.5 Å². The van der Waals surface area contributed by atoms with Crippen molar-refractivity contribution in [1.82, 2.24) is 0 Å². The molecule has 1 aromatic carbocycles. The molecular formula is C11H13F4NO. The summed E-state index contributed by atoms with van der Waals surface area (Å²) in [6.45, 7) is 0.365. The minimum Gasteiger partial charge on any atom is -0.385 e. The first kappa shape index (κ1) is 13.9. The normalized spacial score (nSPS) is 13.8. The van der Waals surface area contributed by atoms with E-state index in [1.807, 2.05) is 0 Å². The van der Waals surface area contributed by atoms with E-state index >= 15 is 0 Å². The minimum absolute atomic E-state index is 0.326. The van der Waals surface area contributed by atoms with Crippen molar-refractivity contribution in [1.29, 1.82) is 0 Å². The molecule has 17 heavy (non-hydrogen) atoms. The van der Waals surface area contributed by atoms with Gasteiger partial charge in [0.15, 0.2) is 0 Å². The molecule has 0 saturated carbocycles. The summed E-state index contributed by atoms with van der Waals surface area (Å²) < 4.78 is 54.9. The lowest BCUT2D eigenvalue weighted by Crippen LogP contribution is -2.14. The lowest BCUT2D eigenvalue weighted by atomic mass is 10.0. The summed E-state index contributed by atoms with van der Waals surface area (Å²) >= 11 is 0. The molecule has 0 fully saturated rings. The van der Waals surface area contributed by atoms with E-state index in [0.29, 0.717) is 24.7 Å². The van der Waals surface area contributed by atoms with E-state index in [-0.39, 0.29) is 0 Å². The quantitative estimate of drug-likeness (QED) is 0.835. The smallest absolute Gasteiger partial charge is 0.385 e. The molecule has 0 bridgehead atoms. The Kier molecular flexibility index (Phi) is 4.47. The van der Waals surface area contributed by atoms with Crippen molar-refractivity contribution in [3.8, 4) is 0 Å². The van der Waals surface area contributed by atoms with Crippen molar-refractivity contribution in [3.63, 3.8) is 0 Å². The Balaban J connectivity index is 2.89. The highest BCUT2D eigenvalue weighted by Crippen LogP contribution is 2.32. The van der Waals surface area contributed by atoms with Crippen LogP contribution < -0.4 is 5.73 Å². The predicted octanol–water partition coefficient (Wildman–Crippen LogP) is 2.88. The molecule has 0 aliphatic heterocycles. The van der Waals surface area contributed by atoms with Crippen LogP contribution in [0.5, 0.6) is 0 Å². The second-order valence-corrected chi connectivity index (χ2v) is 3.63. The number of rotatable bonds is 4. The largest absolute Gasteiger partial charge is 0.419 e. The van der Waals surface area contributed by atoms with Gasteiger partial charge in [-0.1, -0.05) is 6.07 Å². The molecule has 0 aliphatic carbocycles. The Bertz CT molecular complexity index is 378. The third kappa shape index (κ3) is 3.67. The fraction of sp³-hybridized carbons (Fsp3) is 0.455. The number of methoxy groups -OCH3 is 1. The molecule has 2 N–H and O–H groups in total. The molecule has 1 unspecified atom stereocenters. The molecule has 0 heterocycles. The minimum atomic E-state index is -4.68. The van der Waals surface area contributed by atoms with Gasteiger partial charge in [0, 0.05) is 19.8 Å². The van der Waals surface area contributed by atoms with Gasteiger partial charge in [-0.3, -0.25) is 0 Å². The van der Waals surface area contributed by atoms with Crippen molar-refractivity contribution in [3.05, 3.63) is 35.1 Å². The molecule has 6 heteroatoms. The van der Waals surface area contributed by atoms with Crippen molar-refractivity contribution in [2.24, 2.45) is 5.73 Å². The third-order valence-corrected chi connectivity index (χ3v) is 2.36. The number of ether oxygens (including phenoxy) is 1. The maximum atomic E-state index is 13.2. The van der Waals surface area contributed by atoms with Crippen LogP contribution in [0.25, 0.3) is 0 Å². The number of alkyl halides is 3. The molecule has 1 atom stereocenters.